The number of aliphatic hydroxyl groups is 1. The highest BCUT2D eigenvalue weighted by Crippen LogP contribution is 2.61. The molecule has 0 spiro atoms. The lowest BCUT2D eigenvalue weighted by Crippen LogP contribution is -2.60. The number of carbonyl (C=O) groups excluding carboxylic acids is 2. The summed E-state index contributed by atoms with van der Waals surface area (Å²) in [7, 11) is 0. The first-order chi connectivity index (χ1) is 17.3. The minimum Gasteiger partial charge on any atom is -0.455 e. The van der Waals surface area contributed by atoms with Crippen LogP contribution in [0.2, 0.25) is 0 Å². The Morgan fingerprint density at radius 3 is 2.41 bits per heavy atom. The van der Waals surface area contributed by atoms with Gasteiger partial charge in [-0.25, -0.2) is 0 Å². The molecule has 1 heterocycles. The number of carbonyl (C=O) groups is 2. The minimum absolute atomic E-state index is 0.336. The van der Waals surface area contributed by atoms with Crippen molar-refractivity contribution in [3.05, 3.63) is 12.2 Å². The highest BCUT2D eigenvalue weighted by atomic mass is 16.7. The second kappa shape index (κ2) is 12.2. The summed E-state index contributed by atoms with van der Waals surface area (Å²) in [6, 6.07) is 0. The summed E-state index contributed by atoms with van der Waals surface area (Å²) in [5.74, 6) is 0.642. The van der Waals surface area contributed by atoms with E-state index in [0.717, 1.165) is 31.6 Å². The summed E-state index contributed by atoms with van der Waals surface area (Å²) in [5, 5.41) is 10.5. The fourth-order valence-corrected chi connectivity index (χ4v) is 7.55. The van der Waals surface area contributed by atoms with Crippen molar-refractivity contribution in [1.82, 2.24) is 0 Å². The second-order valence-corrected chi connectivity index (χ2v) is 12.8. The summed E-state index contributed by atoms with van der Waals surface area (Å²) in [6.45, 7) is 18.8. The van der Waals surface area contributed by atoms with Crippen LogP contribution < -0.4 is 0 Å². The standard InChI is InChI=1S/C30H50O7/c1-18(10-12-23-19(2)11-13-24-29(6,7)15-9-16-30(23,24)8)14-17-34-28-27(37-22(5)32)26(36-21(4)31)25(33)20(3)35-28/h18,20,23-28,33H,2,9-17H2,1,3-8H3. The number of allylic oxidation sites excluding steroid dienone is 1. The number of esters is 2. The van der Waals surface area contributed by atoms with Crippen molar-refractivity contribution >= 4 is 11.9 Å². The third kappa shape index (κ3) is 6.96. The van der Waals surface area contributed by atoms with Crippen molar-refractivity contribution in [2.24, 2.45) is 28.6 Å². The van der Waals surface area contributed by atoms with E-state index in [-0.39, 0.29) is 0 Å². The molecule has 2 saturated carbocycles. The highest BCUT2D eigenvalue weighted by Gasteiger charge is 2.52. The third-order valence-electron chi connectivity index (χ3n) is 9.52. The van der Waals surface area contributed by atoms with Crippen LogP contribution in [0.4, 0.5) is 0 Å². The average Bonchev–Trinajstić information content (AvgIpc) is 2.77. The van der Waals surface area contributed by atoms with Gasteiger partial charge in [0.05, 0.1) is 12.7 Å². The molecule has 1 N–H and O–H groups in total. The maximum Gasteiger partial charge on any atom is 0.303 e. The molecule has 9 atom stereocenters. The van der Waals surface area contributed by atoms with Crippen LogP contribution in [0.3, 0.4) is 0 Å². The molecule has 0 amide bonds. The molecule has 0 aromatic carbocycles. The van der Waals surface area contributed by atoms with E-state index in [1.165, 1.54) is 45.1 Å². The number of fused-ring (bicyclic) bond motifs is 1. The zero-order chi connectivity index (χ0) is 27.5. The Labute approximate surface area is 223 Å². The summed E-state index contributed by atoms with van der Waals surface area (Å²) >= 11 is 0. The maximum absolute atomic E-state index is 11.7. The van der Waals surface area contributed by atoms with E-state index >= 15 is 0 Å². The molecular weight excluding hydrogens is 472 g/mol. The van der Waals surface area contributed by atoms with Gasteiger partial charge in [0.15, 0.2) is 18.5 Å². The van der Waals surface area contributed by atoms with Crippen molar-refractivity contribution in [2.75, 3.05) is 6.61 Å². The van der Waals surface area contributed by atoms with E-state index in [9.17, 15) is 14.7 Å². The smallest absolute Gasteiger partial charge is 0.303 e. The van der Waals surface area contributed by atoms with Crippen LogP contribution in [-0.2, 0) is 28.5 Å². The van der Waals surface area contributed by atoms with E-state index in [1.807, 2.05) is 0 Å². The van der Waals surface area contributed by atoms with Crippen molar-refractivity contribution in [2.45, 2.75) is 131 Å². The predicted octanol–water partition coefficient (Wildman–Crippen LogP) is 5.58. The molecule has 0 aromatic rings. The molecule has 212 valence electrons. The largest absolute Gasteiger partial charge is 0.455 e. The number of hydrogen-bond donors (Lipinski definition) is 1. The molecule has 7 nitrogen and oxygen atoms in total. The molecule has 3 fully saturated rings. The Balaban J connectivity index is 1.56. The molecule has 0 radical (unpaired) electrons. The van der Waals surface area contributed by atoms with E-state index in [1.54, 1.807) is 6.92 Å². The lowest BCUT2D eigenvalue weighted by atomic mass is 9.47. The van der Waals surface area contributed by atoms with Gasteiger partial charge < -0.3 is 24.1 Å². The summed E-state index contributed by atoms with van der Waals surface area (Å²) in [5.41, 5.74) is 2.17. The molecule has 37 heavy (non-hydrogen) atoms. The van der Waals surface area contributed by atoms with Gasteiger partial charge in [-0.1, -0.05) is 52.7 Å². The van der Waals surface area contributed by atoms with Gasteiger partial charge in [-0.2, -0.15) is 0 Å². The van der Waals surface area contributed by atoms with Crippen LogP contribution >= 0.6 is 0 Å². The first-order valence-electron chi connectivity index (χ1n) is 14.2. The topological polar surface area (TPSA) is 91.3 Å². The van der Waals surface area contributed by atoms with Crippen LogP contribution in [0.1, 0.15) is 99.8 Å². The summed E-state index contributed by atoms with van der Waals surface area (Å²) < 4.78 is 22.5. The molecule has 9 unspecified atom stereocenters. The lowest BCUT2D eigenvalue weighted by Gasteiger charge is -2.58. The fourth-order valence-electron chi connectivity index (χ4n) is 7.55. The first kappa shape index (κ1) is 30.1. The SMILES string of the molecule is C=C1CCC2C(C)(C)CCCC2(C)C1CCC(C)CCOC1OC(C)C(O)C(OC(C)=O)C1OC(C)=O. The van der Waals surface area contributed by atoms with Crippen LogP contribution in [0.5, 0.6) is 0 Å². The molecule has 7 heteroatoms. The quantitative estimate of drug-likeness (QED) is 0.312. The second-order valence-electron chi connectivity index (χ2n) is 12.8. The molecule has 0 bridgehead atoms. The molecule has 0 aromatic heterocycles. The normalized spacial score (nSPS) is 38.4. The van der Waals surface area contributed by atoms with Crippen LogP contribution in [0.15, 0.2) is 12.2 Å². The molecule has 1 aliphatic heterocycles. The van der Waals surface area contributed by atoms with Gasteiger partial charge in [-0.05, 0) is 74.0 Å². The van der Waals surface area contributed by atoms with Crippen molar-refractivity contribution < 1.29 is 33.6 Å². The van der Waals surface area contributed by atoms with Crippen molar-refractivity contribution in [1.29, 1.82) is 0 Å². The molecule has 3 rings (SSSR count). The Kier molecular flexibility index (Phi) is 9.90. The van der Waals surface area contributed by atoms with E-state index in [4.69, 9.17) is 18.9 Å². The van der Waals surface area contributed by atoms with Gasteiger partial charge in [-0.3, -0.25) is 9.59 Å². The molecule has 2 aliphatic carbocycles. The van der Waals surface area contributed by atoms with Crippen LogP contribution in [0, 0.1) is 28.6 Å². The Hall–Kier alpha value is -1.44. The number of rotatable bonds is 9. The number of hydrogen-bond acceptors (Lipinski definition) is 7. The molecular formula is C30H50O7. The monoisotopic (exact) mass is 522 g/mol. The molecule has 1 saturated heterocycles. The van der Waals surface area contributed by atoms with E-state index < -0.39 is 42.6 Å². The Morgan fingerprint density at radius 1 is 1.11 bits per heavy atom. The van der Waals surface area contributed by atoms with E-state index in [2.05, 4.69) is 34.3 Å². The maximum atomic E-state index is 11.7. The highest BCUT2D eigenvalue weighted by molar-refractivity contribution is 5.67. The zero-order valence-electron chi connectivity index (χ0n) is 24.1. The Morgan fingerprint density at radius 2 is 1.76 bits per heavy atom. The van der Waals surface area contributed by atoms with Gasteiger partial charge in [0.1, 0.15) is 6.10 Å². The Bertz CT molecular complexity index is 823. The van der Waals surface area contributed by atoms with Gasteiger partial charge >= 0.3 is 11.9 Å². The van der Waals surface area contributed by atoms with Gasteiger partial charge in [0.25, 0.3) is 0 Å². The summed E-state index contributed by atoms with van der Waals surface area (Å²) in [6.07, 6.45) is 4.68. The summed E-state index contributed by atoms with van der Waals surface area (Å²) in [4.78, 5) is 23.3. The average molecular weight is 523 g/mol. The fraction of sp³-hybridized carbons (Fsp3) is 0.867. The molecule has 3 aliphatic rings. The number of ether oxygens (including phenoxy) is 4. The predicted molar refractivity (Wildman–Crippen MR) is 142 cm³/mol. The van der Waals surface area contributed by atoms with Crippen LogP contribution in [-0.4, -0.2) is 54.4 Å². The third-order valence-corrected chi connectivity index (χ3v) is 9.52. The van der Waals surface area contributed by atoms with Gasteiger partial charge in [0, 0.05) is 13.8 Å². The van der Waals surface area contributed by atoms with Crippen molar-refractivity contribution in [3.63, 3.8) is 0 Å². The number of aliphatic hydroxyl groups excluding tert-OH is 1. The van der Waals surface area contributed by atoms with Gasteiger partial charge in [-0.15, -0.1) is 0 Å². The first-order valence-corrected chi connectivity index (χ1v) is 14.2. The zero-order valence-corrected chi connectivity index (χ0v) is 24.1. The van der Waals surface area contributed by atoms with Crippen LogP contribution in [0.25, 0.3) is 0 Å². The van der Waals surface area contributed by atoms with Gasteiger partial charge in [0.2, 0.25) is 0 Å². The lowest BCUT2D eigenvalue weighted by molar-refractivity contribution is -0.299. The van der Waals surface area contributed by atoms with Crippen molar-refractivity contribution in [3.8, 4) is 0 Å². The van der Waals surface area contributed by atoms with E-state index in [0.29, 0.717) is 29.3 Å². The minimum atomic E-state index is -1.12.